The number of pyridine rings is 1. The standard InChI is InChI=1S/C14H16FN4P/c1-2-12(20)9-11(15)6-8-19-17-10-14(18-19)13-5-3-4-7-16-13/h3-7,9-10H,2,8,20H2,1H3/b11-6+,12-9+. The summed E-state index contributed by atoms with van der Waals surface area (Å²) in [5.41, 5.74) is 1.43. The van der Waals surface area contributed by atoms with Crippen LogP contribution in [-0.4, -0.2) is 20.0 Å². The van der Waals surface area contributed by atoms with E-state index in [1.165, 1.54) is 16.9 Å². The quantitative estimate of drug-likeness (QED) is 0.626. The van der Waals surface area contributed by atoms with Crippen molar-refractivity contribution < 1.29 is 4.39 Å². The van der Waals surface area contributed by atoms with Gasteiger partial charge in [0.25, 0.3) is 0 Å². The molecule has 0 saturated heterocycles. The van der Waals surface area contributed by atoms with E-state index in [2.05, 4.69) is 24.4 Å². The van der Waals surface area contributed by atoms with E-state index >= 15 is 0 Å². The van der Waals surface area contributed by atoms with Crippen LogP contribution in [0.1, 0.15) is 13.3 Å². The highest BCUT2D eigenvalue weighted by Gasteiger charge is 2.03. The van der Waals surface area contributed by atoms with Crippen molar-refractivity contribution in [3.63, 3.8) is 0 Å². The minimum Gasteiger partial charge on any atom is -0.254 e. The van der Waals surface area contributed by atoms with Crippen molar-refractivity contribution in [1.82, 2.24) is 20.0 Å². The molecule has 0 aliphatic carbocycles. The van der Waals surface area contributed by atoms with E-state index < -0.39 is 0 Å². The van der Waals surface area contributed by atoms with E-state index in [4.69, 9.17) is 0 Å². The van der Waals surface area contributed by atoms with Crippen molar-refractivity contribution in [2.75, 3.05) is 0 Å². The molecule has 2 aromatic heterocycles. The summed E-state index contributed by atoms with van der Waals surface area (Å²) in [5.74, 6) is -0.284. The van der Waals surface area contributed by atoms with Gasteiger partial charge in [0.2, 0.25) is 0 Å². The first kappa shape index (κ1) is 14.5. The molecule has 0 aliphatic heterocycles. The van der Waals surface area contributed by atoms with Crippen molar-refractivity contribution in [3.8, 4) is 11.4 Å². The van der Waals surface area contributed by atoms with Crippen LogP contribution in [-0.2, 0) is 6.54 Å². The molecule has 0 spiro atoms. The molecule has 0 N–H and O–H groups in total. The summed E-state index contributed by atoms with van der Waals surface area (Å²) in [4.78, 5) is 5.63. The van der Waals surface area contributed by atoms with Crippen LogP contribution in [0.5, 0.6) is 0 Å². The summed E-state index contributed by atoms with van der Waals surface area (Å²) >= 11 is 0. The molecule has 0 aromatic carbocycles. The molecule has 0 aliphatic rings. The third kappa shape index (κ3) is 4.07. The molecule has 20 heavy (non-hydrogen) atoms. The van der Waals surface area contributed by atoms with Crippen molar-refractivity contribution >= 4 is 9.24 Å². The Morgan fingerprint density at radius 1 is 1.40 bits per heavy atom. The Morgan fingerprint density at radius 2 is 2.25 bits per heavy atom. The highest BCUT2D eigenvalue weighted by molar-refractivity contribution is 7.22. The zero-order valence-corrected chi connectivity index (χ0v) is 12.4. The average molecular weight is 290 g/mol. The smallest absolute Gasteiger partial charge is 0.131 e. The molecule has 0 bridgehead atoms. The minimum atomic E-state index is -0.284. The van der Waals surface area contributed by atoms with Crippen LogP contribution in [0.15, 0.2) is 53.9 Å². The molecule has 4 nitrogen and oxygen atoms in total. The van der Waals surface area contributed by atoms with Crippen LogP contribution in [0, 0.1) is 0 Å². The summed E-state index contributed by atoms with van der Waals surface area (Å²) in [6.45, 7) is 2.26. The number of aromatic nitrogens is 4. The lowest BCUT2D eigenvalue weighted by atomic mass is 10.3. The minimum absolute atomic E-state index is 0.284. The van der Waals surface area contributed by atoms with E-state index in [1.54, 1.807) is 12.4 Å². The molecule has 2 heterocycles. The van der Waals surface area contributed by atoms with Gasteiger partial charge >= 0.3 is 0 Å². The summed E-state index contributed by atoms with van der Waals surface area (Å²) in [6.07, 6.45) is 7.06. The summed E-state index contributed by atoms with van der Waals surface area (Å²) in [7, 11) is 2.51. The second kappa shape index (κ2) is 7.06. The lowest BCUT2D eigenvalue weighted by molar-refractivity contribution is 0.583. The SMILES string of the molecule is CC/C(P)=C\C(F)=C/Cn1ncc(-c2ccccn2)n1. The Morgan fingerprint density at radius 3 is 2.95 bits per heavy atom. The number of halogens is 1. The molecule has 104 valence electrons. The topological polar surface area (TPSA) is 43.6 Å². The highest BCUT2D eigenvalue weighted by atomic mass is 31.0. The summed E-state index contributed by atoms with van der Waals surface area (Å²) in [6, 6.07) is 5.58. The second-order valence-corrected chi connectivity index (χ2v) is 4.90. The number of allylic oxidation sites excluding steroid dienone is 4. The molecule has 0 amide bonds. The van der Waals surface area contributed by atoms with Gasteiger partial charge in [0.1, 0.15) is 11.5 Å². The van der Waals surface area contributed by atoms with Crippen LogP contribution >= 0.6 is 9.24 Å². The van der Waals surface area contributed by atoms with Gasteiger partial charge in [0.15, 0.2) is 0 Å². The van der Waals surface area contributed by atoms with Crippen LogP contribution in [0.4, 0.5) is 4.39 Å². The zero-order chi connectivity index (χ0) is 14.4. The Labute approximate surface area is 119 Å². The van der Waals surface area contributed by atoms with E-state index in [9.17, 15) is 4.39 Å². The predicted molar refractivity (Wildman–Crippen MR) is 80.5 cm³/mol. The van der Waals surface area contributed by atoms with Crippen LogP contribution in [0.25, 0.3) is 11.4 Å². The summed E-state index contributed by atoms with van der Waals surface area (Å²) in [5, 5.41) is 9.27. The Balaban J connectivity index is 2.06. The molecule has 2 aromatic rings. The zero-order valence-electron chi connectivity index (χ0n) is 11.2. The Bertz CT molecular complexity index is 619. The molecule has 0 saturated carbocycles. The monoisotopic (exact) mass is 290 g/mol. The number of rotatable bonds is 5. The largest absolute Gasteiger partial charge is 0.254 e. The molecule has 1 atom stereocenters. The fraction of sp³-hybridized carbons (Fsp3) is 0.214. The van der Waals surface area contributed by atoms with Gasteiger partial charge in [-0.15, -0.1) is 9.24 Å². The van der Waals surface area contributed by atoms with Crippen molar-refractivity contribution in [1.29, 1.82) is 0 Å². The van der Waals surface area contributed by atoms with Gasteiger partial charge in [-0.05, 0) is 36.0 Å². The third-order valence-electron chi connectivity index (χ3n) is 2.64. The van der Waals surface area contributed by atoms with Gasteiger partial charge < -0.3 is 0 Å². The molecular weight excluding hydrogens is 274 g/mol. The van der Waals surface area contributed by atoms with Crippen LogP contribution in [0.3, 0.4) is 0 Å². The number of hydrogen-bond donors (Lipinski definition) is 0. The van der Waals surface area contributed by atoms with Gasteiger partial charge in [0, 0.05) is 6.20 Å². The molecule has 1 unspecified atom stereocenters. The second-order valence-electron chi connectivity index (χ2n) is 4.16. The van der Waals surface area contributed by atoms with Crippen molar-refractivity contribution in [2.24, 2.45) is 0 Å². The lowest BCUT2D eigenvalue weighted by Crippen LogP contribution is -2.00. The van der Waals surface area contributed by atoms with Gasteiger partial charge in [-0.3, -0.25) is 4.98 Å². The van der Waals surface area contributed by atoms with Gasteiger partial charge in [-0.1, -0.05) is 13.0 Å². The number of hydrogen-bond acceptors (Lipinski definition) is 3. The van der Waals surface area contributed by atoms with E-state index in [-0.39, 0.29) is 12.4 Å². The maximum Gasteiger partial charge on any atom is 0.131 e. The van der Waals surface area contributed by atoms with E-state index in [1.807, 2.05) is 25.1 Å². The van der Waals surface area contributed by atoms with Crippen LogP contribution in [0.2, 0.25) is 0 Å². The first-order valence-corrected chi connectivity index (χ1v) is 6.90. The Hall–Kier alpha value is -1.87. The lowest BCUT2D eigenvalue weighted by Gasteiger charge is -1.96. The average Bonchev–Trinajstić information content (AvgIpc) is 2.95. The molecule has 6 heteroatoms. The number of nitrogens with zero attached hydrogens (tertiary/aromatic N) is 4. The normalized spacial score (nSPS) is 12.8. The van der Waals surface area contributed by atoms with Gasteiger partial charge in [0.05, 0.1) is 18.4 Å². The fourth-order valence-electron chi connectivity index (χ4n) is 1.52. The maximum atomic E-state index is 13.5. The molecule has 0 radical (unpaired) electrons. The maximum absolute atomic E-state index is 13.5. The third-order valence-corrected chi connectivity index (χ3v) is 3.22. The first-order valence-electron chi connectivity index (χ1n) is 6.32. The van der Waals surface area contributed by atoms with Crippen molar-refractivity contribution in [2.45, 2.75) is 19.9 Å². The van der Waals surface area contributed by atoms with Crippen LogP contribution < -0.4 is 0 Å². The predicted octanol–water partition coefficient (Wildman–Crippen LogP) is 3.36. The van der Waals surface area contributed by atoms with Crippen molar-refractivity contribution in [3.05, 3.63) is 53.9 Å². The van der Waals surface area contributed by atoms with Gasteiger partial charge in [-0.25, -0.2) is 4.39 Å². The van der Waals surface area contributed by atoms with Gasteiger partial charge in [-0.2, -0.15) is 15.0 Å². The summed E-state index contributed by atoms with van der Waals surface area (Å²) < 4.78 is 13.5. The first-order chi connectivity index (χ1) is 9.69. The molecule has 2 rings (SSSR count). The fourth-order valence-corrected chi connectivity index (χ4v) is 1.68. The molecule has 0 fully saturated rings. The Kier molecular flexibility index (Phi) is 5.13. The highest BCUT2D eigenvalue weighted by Crippen LogP contribution is 2.14. The van der Waals surface area contributed by atoms with E-state index in [0.717, 1.165) is 17.4 Å². The molecular formula is C14H16FN4P. The van der Waals surface area contributed by atoms with E-state index in [0.29, 0.717) is 5.69 Å².